The molecule has 76 valence electrons. The minimum absolute atomic E-state index is 0.110. The van der Waals surface area contributed by atoms with Gasteiger partial charge in [-0.25, -0.2) is 0 Å². The minimum Gasteiger partial charge on any atom is -0.356 e. The third-order valence-electron chi connectivity index (χ3n) is 3.11. The van der Waals surface area contributed by atoms with Crippen LogP contribution in [0.15, 0.2) is 0 Å². The molecule has 1 aliphatic carbocycles. The summed E-state index contributed by atoms with van der Waals surface area (Å²) in [6, 6.07) is 0. The molecule has 0 saturated heterocycles. The molecule has 0 spiro atoms. The lowest BCUT2D eigenvalue weighted by molar-refractivity contribution is -0.119. The van der Waals surface area contributed by atoms with Crippen LogP contribution in [0.25, 0.3) is 0 Å². The predicted octanol–water partition coefficient (Wildman–Crippen LogP) is 2.34. The van der Waals surface area contributed by atoms with E-state index in [1.54, 1.807) is 6.92 Å². The van der Waals surface area contributed by atoms with Gasteiger partial charge < -0.3 is 5.32 Å². The molecule has 13 heavy (non-hydrogen) atoms. The Balaban J connectivity index is 2.21. The molecular weight excluding hydrogens is 162 g/mol. The third kappa shape index (κ3) is 3.79. The number of amides is 1. The van der Waals surface area contributed by atoms with Gasteiger partial charge >= 0.3 is 0 Å². The van der Waals surface area contributed by atoms with Gasteiger partial charge in [0.05, 0.1) is 0 Å². The second-order valence-corrected chi connectivity index (χ2v) is 4.24. The van der Waals surface area contributed by atoms with Gasteiger partial charge in [-0.05, 0) is 24.7 Å². The summed E-state index contributed by atoms with van der Waals surface area (Å²) in [6.07, 6.45) is 6.67. The smallest absolute Gasteiger partial charge is 0.216 e. The standard InChI is InChI=1S/C11H21NO/c1-3-10-5-4-6-11(7-10)8-12-9(2)13/h10-11H,3-8H2,1-2H3,(H,12,13). The Morgan fingerprint density at radius 2 is 2.08 bits per heavy atom. The van der Waals surface area contributed by atoms with E-state index in [9.17, 15) is 4.79 Å². The second kappa shape index (κ2) is 5.25. The number of carbonyl (C=O) groups excluding carboxylic acids is 1. The lowest BCUT2D eigenvalue weighted by Crippen LogP contribution is -2.30. The molecule has 0 bridgehead atoms. The van der Waals surface area contributed by atoms with Gasteiger partial charge in [-0.1, -0.05) is 26.2 Å². The largest absolute Gasteiger partial charge is 0.356 e. The normalized spacial score (nSPS) is 28.5. The van der Waals surface area contributed by atoms with Crippen LogP contribution in [0, 0.1) is 11.8 Å². The first-order valence-electron chi connectivity index (χ1n) is 5.46. The SMILES string of the molecule is CCC1CCCC(CNC(C)=O)C1. The van der Waals surface area contributed by atoms with E-state index < -0.39 is 0 Å². The summed E-state index contributed by atoms with van der Waals surface area (Å²) < 4.78 is 0. The van der Waals surface area contributed by atoms with Gasteiger partial charge in [-0.2, -0.15) is 0 Å². The first kappa shape index (κ1) is 10.6. The van der Waals surface area contributed by atoms with Crippen LogP contribution in [0.5, 0.6) is 0 Å². The van der Waals surface area contributed by atoms with E-state index >= 15 is 0 Å². The number of carbonyl (C=O) groups is 1. The van der Waals surface area contributed by atoms with E-state index in [2.05, 4.69) is 12.2 Å². The van der Waals surface area contributed by atoms with Gasteiger partial charge in [-0.3, -0.25) is 4.79 Å². The molecule has 2 nitrogen and oxygen atoms in total. The van der Waals surface area contributed by atoms with Crippen molar-refractivity contribution in [2.75, 3.05) is 6.54 Å². The highest BCUT2D eigenvalue weighted by molar-refractivity contribution is 5.72. The molecule has 1 fully saturated rings. The molecule has 2 unspecified atom stereocenters. The molecule has 1 saturated carbocycles. The highest BCUT2D eigenvalue weighted by Gasteiger charge is 2.20. The molecular formula is C11H21NO. The number of hydrogen-bond donors (Lipinski definition) is 1. The molecule has 0 aliphatic heterocycles. The fourth-order valence-corrected chi connectivity index (χ4v) is 2.25. The van der Waals surface area contributed by atoms with E-state index in [1.165, 1.54) is 32.1 Å². The lowest BCUT2D eigenvalue weighted by atomic mass is 9.80. The van der Waals surface area contributed by atoms with E-state index in [4.69, 9.17) is 0 Å². The summed E-state index contributed by atoms with van der Waals surface area (Å²) in [6.45, 7) is 4.76. The second-order valence-electron chi connectivity index (χ2n) is 4.24. The zero-order valence-electron chi connectivity index (χ0n) is 8.81. The fourth-order valence-electron chi connectivity index (χ4n) is 2.25. The molecule has 0 aromatic carbocycles. The van der Waals surface area contributed by atoms with Gasteiger partial charge in [0.2, 0.25) is 5.91 Å². The molecule has 1 N–H and O–H groups in total. The van der Waals surface area contributed by atoms with Crippen LogP contribution in [0.1, 0.15) is 46.0 Å². The van der Waals surface area contributed by atoms with Gasteiger partial charge in [-0.15, -0.1) is 0 Å². The van der Waals surface area contributed by atoms with Crippen LogP contribution >= 0.6 is 0 Å². The van der Waals surface area contributed by atoms with Crippen LogP contribution in [0.4, 0.5) is 0 Å². The van der Waals surface area contributed by atoms with Gasteiger partial charge in [0.25, 0.3) is 0 Å². The Hall–Kier alpha value is -0.530. The molecule has 0 aromatic rings. The van der Waals surface area contributed by atoms with E-state index in [0.29, 0.717) is 0 Å². The van der Waals surface area contributed by atoms with Crippen LogP contribution in [0.2, 0.25) is 0 Å². The van der Waals surface area contributed by atoms with E-state index in [-0.39, 0.29) is 5.91 Å². The minimum atomic E-state index is 0.110. The summed E-state index contributed by atoms with van der Waals surface area (Å²) in [5, 5.41) is 2.92. The van der Waals surface area contributed by atoms with Crippen molar-refractivity contribution < 1.29 is 4.79 Å². The molecule has 0 radical (unpaired) electrons. The monoisotopic (exact) mass is 183 g/mol. The first-order chi connectivity index (χ1) is 6.22. The van der Waals surface area contributed by atoms with Crippen molar-refractivity contribution in [3.05, 3.63) is 0 Å². The average Bonchev–Trinajstić information content (AvgIpc) is 2.15. The van der Waals surface area contributed by atoms with Crippen LogP contribution < -0.4 is 5.32 Å². The summed E-state index contributed by atoms with van der Waals surface area (Å²) >= 11 is 0. The Morgan fingerprint density at radius 3 is 2.69 bits per heavy atom. The van der Waals surface area contributed by atoms with Crippen molar-refractivity contribution in [3.8, 4) is 0 Å². The van der Waals surface area contributed by atoms with Crippen molar-refractivity contribution in [1.29, 1.82) is 0 Å². The molecule has 2 heteroatoms. The zero-order chi connectivity index (χ0) is 9.68. The number of nitrogens with one attached hydrogen (secondary N) is 1. The molecule has 2 atom stereocenters. The third-order valence-corrected chi connectivity index (χ3v) is 3.11. The van der Waals surface area contributed by atoms with Crippen LogP contribution in [-0.2, 0) is 4.79 Å². The summed E-state index contributed by atoms with van der Waals surface area (Å²) in [5.41, 5.74) is 0. The van der Waals surface area contributed by atoms with Crippen molar-refractivity contribution in [3.63, 3.8) is 0 Å². The summed E-state index contributed by atoms with van der Waals surface area (Å²) in [5.74, 6) is 1.76. The molecule has 1 amide bonds. The summed E-state index contributed by atoms with van der Waals surface area (Å²) in [4.78, 5) is 10.7. The summed E-state index contributed by atoms with van der Waals surface area (Å²) in [7, 11) is 0. The zero-order valence-corrected chi connectivity index (χ0v) is 8.81. The number of hydrogen-bond acceptors (Lipinski definition) is 1. The molecule has 0 heterocycles. The maximum absolute atomic E-state index is 10.7. The van der Waals surface area contributed by atoms with Crippen molar-refractivity contribution in [2.24, 2.45) is 11.8 Å². The van der Waals surface area contributed by atoms with Crippen molar-refractivity contribution in [2.45, 2.75) is 46.0 Å². The molecule has 1 aliphatic rings. The maximum Gasteiger partial charge on any atom is 0.216 e. The van der Waals surface area contributed by atoms with Crippen molar-refractivity contribution in [1.82, 2.24) is 5.32 Å². The Kier molecular flexibility index (Phi) is 4.26. The number of rotatable bonds is 3. The molecule has 1 rings (SSSR count). The Morgan fingerprint density at radius 1 is 1.38 bits per heavy atom. The van der Waals surface area contributed by atoms with Gasteiger partial charge in [0.15, 0.2) is 0 Å². The highest BCUT2D eigenvalue weighted by atomic mass is 16.1. The molecule has 0 aromatic heterocycles. The van der Waals surface area contributed by atoms with E-state index in [1.807, 2.05) is 0 Å². The highest BCUT2D eigenvalue weighted by Crippen LogP contribution is 2.30. The van der Waals surface area contributed by atoms with Crippen LogP contribution in [-0.4, -0.2) is 12.5 Å². The van der Waals surface area contributed by atoms with Gasteiger partial charge in [0, 0.05) is 13.5 Å². The van der Waals surface area contributed by atoms with Crippen molar-refractivity contribution >= 4 is 5.91 Å². The Bertz CT molecular complexity index is 167. The van der Waals surface area contributed by atoms with Gasteiger partial charge in [0.1, 0.15) is 0 Å². The van der Waals surface area contributed by atoms with E-state index in [0.717, 1.165) is 18.4 Å². The average molecular weight is 183 g/mol. The first-order valence-corrected chi connectivity index (χ1v) is 5.46. The topological polar surface area (TPSA) is 29.1 Å². The fraction of sp³-hybridized carbons (Fsp3) is 0.909. The quantitative estimate of drug-likeness (QED) is 0.715. The maximum atomic E-state index is 10.7. The predicted molar refractivity (Wildman–Crippen MR) is 54.4 cm³/mol. The lowest BCUT2D eigenvalue weighted by Gasteiger charge is -2.28. The Labute approximate surface area is 81.1 Å². The van der Waals surface area contributed by atoms with Crippen LogP contribution in [0.3, 0.4) is 0 Å².